The Balaban J connectivity index is 1.95. The topological polar surface area (TPSA) is 51.2 Å². The Hall–Kier alpha value is -2.36. The van der Waals surface area contributed by atoms with E-state index >= 15 is 0 Å². The minimum absolute atomic E-state index is 0.102. The van der Waals surface area contributed by atoms with Gasteiger partial charge in [-0.2, -0.15) is 0 Å². The summed E-state index contributed by atoms with van der Waals surface area (Å²) in [6.45, 7) is 10.9. The zero-order chi connectivity index (χ0) is 19.1. The van der Waals surface area contributed by atoms with Crippen LogP contribution in [0.3, 0.4) is 0 Å². The fourth-order valence-corrected chi connectivity index (χ4v) is 2.89. The molecule has 4 heteroatoms. The Morgan fingerprint density at radius 1 is 1.08 bits per heavy atom. The van der Waals surface area contributed by atoms with Crippen molar-refractivity contribution in [2.45, 2.75) is 52.6 Å². The second kappa shape index (κ2) is 9.37. The summed E-state index contributed by atoms with van der Waals surface area (Å²) in [5.41, 5.74) is 2.34. The van der Waals surface area contributed by atoms with Gasteiger partial charge in [0.1, 0.15) is 5.75 Å². The third-order valence-corrected chi connectivity index (χ3v) is 4.62. The number of carbonyl (C=O) groups is 1. The fraction of sp³-hybridized carbons (Fsp3) is 0.455. The number of amides is 1. The van der Waals surface area contributed by atoms with Crippen LogP contribution in [0.1, 0.15) is 57.6 Å². The lowest BCUT2D eigenvalue weighted by molar-refractivity contribution is -0.127. The van der Waals surface area contributed by atoms with Gasteiger partial charge in [-0.05, 0) is 48.1 Å². The molecule has 0 saturated heterocycles. The molecule has 0 aliphatic heterocycles. The molecule has 4 nitrogen and oxygen atoms in total. The molecule has 2 aromatic rings. The predicted molar refractivity (Wildman–Crippen MR) is 105 cm³/mol. The molecule has 1 amide bonds. The van der Waals surface area contributed by atoms with Crippen molar-refractivity contribution in [3.05, 3.63) is 59.9 Å². The van der Waals surface area contributed by atoms with Crippen molar-refractivity contribution in [1.29, 1.82) is 0 Å². The molecule has 0 saturated carbocycles. The van der Waals surface area contributed by atoms with E-state index in [9.17, 15) is 4.79 Å². The summed E-state index contributed by atoms with van der Waals surface area (Å²) < 4.78 is 5.84. The van der Waals surface area contributed by atoms with Gasteiger partial charge in [0.05, 0.1) is 0 Å². The van der Waals surface area contributed by atoms with Crippen LogP contribution in [0.5, 0.6) is 5.75 Å². The molecule has 2 rings (SSSR count). The first-order chi connectivity index (χ1) is 12.4. The summed E-state index contributed by atoms with van der Waals surface area (Å²) in [4.78, 5) is 16.7. The number of hydrogen-bond donors (Lipinski definition) is 1. The highest BCUT2D eigenvalue weighted by Gasteiger charge is 2.20. The van der Waals surface area contributed by atoms with Crippen LogP contribution in [0.4, 0.5) is 0 Å². The minimum atomic E-state index is -0.542. The first-order valence-electron chi connectivity index (χ1n) is 9.32. The number of rotatable bonds is 8. The van der Waals surface area contributed by atoms with Crippen LogP contribution >= 0.6 is 0 Å². The van der Waals surface area contributed by atoms with Crippen LogP contribution in [0.2, 0.25) is 0 Å². The monoisotopic (exact) mass is 354 g/mol. The zero-order valence-corrected chi connectivity index (χ0v) is 16.4. The van der Waals surface area contributed by atoms with Gasteiger partial charge >= 0.3 is 0 Å². The molecule has 140 valence electrons. The molecule has 1 aromatic carbocycles. The van der Waals surface area contributed by atoms with Gasteiger partial charge in [0, 0.05) is 24.9 Å². The number of nitrogens with zero attached hydrogens (tertiary/aromatic N) is 1. The molecule has 1 N–H and O–H groups in total. The van der Waals surface area contributed by atoms with E-state index in [4.69, 9.17) is 4.74 Å². The van der Waals surface area contributed by atoms with Gasteiger partial charge in [-0.3, -0.25) is 9.78 Å². The average Bonchev–Trinajstić information content (AvgIpc) is 2.62. The summed E-state index contributed by atoms with van der Waals surface area (Å²) in [6.07, 6.45) is 3.09. The summed E-state index contributed by atoms with van der Waals surface area (Å²) in [6, 6.07) is 11.9. The number of ether oxygens (including phenoxy) is 1. The van der Waals surface area contributed by atoms with Crippen molar-refractivity contribution in [3.63, 3.8) is 0 Å². The summed E-state index contributed by atoms with van der Waals surface area (Å²) in [5, 5.41) is 3.03. The van der Waals surface area contributed by atoms with E-state index < -0.39 is 6.10 Å². The molecule has 26 heavy (non-hydrogen) atoms. The summed E-state index contributed by atoms with van der Waals surface area (Å²) in [7, 11) is 0. The summed E-state index contributed by atoms with van der Waals surface area (Å²) >= 11 is 0. The van der Waals surface area contributed by atoms with E-state index in [1.165, 1.54) is 5.56 Å². The minimum Gasteiger partial charge on any atom is -0.481 e. The van der Waals surface area contributed by atoms with Gasteiger partial charge in [-0.25, -0.2) is 0 Å². The second-order valence-corrected chi connectivity index (χ2v) is 7.37. The zero-order valence-electron chi connectivity index (χ0n) is 16.4. The molecule has 1 aromatic heterocycles. The van der Waals surface area contributed by atoms with E-state index in [-0.39, 0.29) is 11.8 Å². The van der Waals surface area contributed by atoms with E-state index in [0.29, 0.717) is 18.4 Å². The molecular formula is C22H30N2O2. The molecule has 0 aliphatic rings. The fourth-order valence-electron chi connectivity index (χ4n) is 2.89. The van der Waals surface area contributed by atoms with Crippen LogP contribution in [0.25, 0.3) is 0 Å². The smallest absolute Gasteiger partial charge is 0.260 e. The van der Waals surface area contributed by atoms with E-state index in [1.807, 2.05) is 30.5 Å². The van der Waals surface area contributed by atoms with E-state index in [1.54, 1.807) is 13.1 Å². The lowest BCUT2D eigenvalue weighted by Gasteiger charge is -2.23. The van der Waals surface area contributed by atoms with Gasteiger partial charge in [-0.15, -0.1) is 0 Å². The normalized spacial score (nSPS) is 13.5. The van der Waals surface area contributed by atoms with Gasteiger partial charge in [0.15, 0.2) is 6.10 Å². The van der Waals surface area contributed by atoms with Crippen molar-refractivity contribution in [2.24, 2.45) is 5.92 Å². The molecule has 2 atom stereocenters. The molecule has 1 heterocycles. The molecule has 0 unspecified atom stereocenters. The highest BCUT2D eigenvalue weighted by atomic mass is 16.5. The van der Waals surface area contributed by atoms with Gasteiger partial charge in [0.2, 0.25) is 0 Å². The molecule has 0 fully saturated rings. The van der Waals surface area contributed by atoms with Crippen molar-refractivity contribution < 1.29 is 9.53 Å². The van der Waals surface area contributed by atoms with Crippen LogP contribution in [-0.2, 0) is 4.79 Å². The van der Waals surface area contributed by atoms with Gasteiger partial charge in [-0.1, -0.05) is 45.9 Å². The quantitative estimate of drug-likeness (QED) is 0.758. The maximum Gasteiger partial charge on any atom is 0.260 e. The highest BCUT2D eigenvalue weighted by molar-refractivity contribution is 5.80. The van der Waals surface area contributed by atoms with Crippen molar-refractivity contribution in [1.82, 2.24) is 10.3 Å². The number of nitrogens with one attached hydrogen (secondary N) is 1. The maximum absolute atomic E-state index is 12.5. The predicted octanol–water partition coefficient (Wildman–Crippen LogP) is 4.53. The number of hydrogen-bond acceptors (Lipinski definition) is 3. The molecule has 0 spiro atoms. The first-order valence-corrected chi connectivity index (χ1v) is 9.32. The third-order valence-electron chi connectivity index (χ3n) is 4.62. The van der Waals surface area contributed by atoms with E-state index in [2.05, 4.69) is 50.1 Å². The average molecular weight is 354 g/mol. The van der Waals surface area contributed by atoms with Gasteiger partial charge in [0.25, 0.3) is 5.91 Å². The number of benzene rings is 1. The van der Waals surface area contributed by atoms with Crippen LogP contribution in [0, 0.1) is 5.92 Å². The van der Waals surface area contributed by atoms with E-state index in [0.717, 1.165) is 11.3 Å². The van der Waals surface area contributed by atoms with Crippen molar-refractivity contribution in [3.8, 4) is 5.75 Å². The highest BCUT2D eigenvalue weighted by Crippen LogP contribution is 2.23. The Bertz CT molecular complexity index is 698. The van der Waals surface area contributed by atoms with Crippen LogP contribution < -0.4 is 10.1 Å². The molecule has 0 bridgehead atoms. The molecule has 0 radical (unpaired) electrons. The Kier molecular flexibility index (Phi) is 7.19. The third kappa shape index (κ3) is 5.58. The van der Waals surface area contributed by atoms with Gasteiger partial charge < -0.3 is 10.1 Å². The standard InChI is InChI=1S/C22H30N2O2/c1-15(2)18-8-6-10-20(12-18)26-17(5)22(25)24-14-21(16(3)4)19-9-7-11-23-13-19/h6-13,15-17,21H,14H2,1-5H3,(H,24,25)/t17-,21+/m0/s1. The Morgan fingerprint density at radius 3 is 2.42 bits per heavy atom. The summed E-state index contributed by atoms with van der Waals surface area (Å²) in [5.74, 6) is 1.68. The second-order valence-electron chi connectivity index (χ2n) is 7.37. The van der Waals surface area contributed by atoms with Crippen LogP contribution in [0.15, 0.2) is 48.8 Å². The maximum atomic E-state index is 12.5. The Labute approximate surface area is 157 Å². The first kappa shape index (κ1) is 20.0. The number of pyridine rings is 1. The van der Waals surface area contributed by atoms with Crippen molar-refractivity contribution >= 4 is 5.91 Å². The lowest BCUT2D eigenvalue weighted by atomic mass is 9.89. The lowest BCUT2D eigenvalue weighted by Crippen LogP contribution is -2.39. The number of aromatic nitrogens is 1. The molecule has 0 aliphatic carbocycles. The molecular weight excluding hydrogens is 324 g/mol. The number of carbonyl (C=O) groups excluding carboxylic acids is 1. The van der Waals surface area contributed by atoms with Crippen LogP contribution in [-0.4, -0.2) is 23.5 Å². The largest absolute Gasteiger partial charge is 0.481 e. The SMILES string of the molecule is CC(C)c1cccc(O[C@@H](C)C(=O)NC[C@@H](c2cccnc2)C(C)C)c1. The Morgan fingerprint density at radius 2 is 1.81 bits per heavy atom. The van der Waals surface area contributed by atoms with Crippen molar-refractivity contribution in [2.75, 3.05) is 6.54 Å².